The molecule has 1 atom stereocenters. The number of nitrogens with zero attached hydrogens (tertiary/aromatic N) is 3. The number of halogens is 1. The van der Waals surface area contributed by atoms with Crippen molar-refractivity contribution in [1.82, 2.24) is 14.5 Å². The first-order valence-electron chi connectivity index (χ1n) is 8.29. The predicted molar refractivity (Wildman–Crippen MR) is 98.6 cm³/mol. The molecule has 2 aromatic heterocycles. The summed E-state index contributed by atoms with van der Waals surface area (Å²) in [5.74, 6) is -0.00118. The van der Waals surface area contributed by atoms with Gasteiger partial charge in [-0.2, -0.15) is 0 Å². The predicted octanol–water partition coefficient (Wildman–Crippen LogP) is 3.86. The maximum Gasteiger partial charge on any atom is 0.410 e. The van der Waals surface area contributed by atoms with E-state index in [0.717, 1.165) is 21.1 Å². The molecule has 134 valence electrons. The van der Waals surface area contributed by atoms with Gasteiger partial charge in [0.15, 0.2) is 5.78 Å². The van der Waals surface area contributed by atoms with E-state index in [1.165, 1.54) is 4.90 Å². The maximum absolute atomic E-state index is 12.7. The summed E-state index contributed by atoms with van der Waals surface area (Å²) in [6.07, 6.45) is 3.82. The van der Waals surface area contributed by atoms with E-state index in [9.17, 15) is 9.59 Å². The van der Waals surface area contributed by atoms with Gasteiger partial charge in [-0.1, -0.05) is 0 Å². The minimum atomic E-state index is -0.567. The van der Waals surface area contributed by atoms with Gasteiger partial charge in [0.2, 0.25) is 0 Å². The van der Waals surface area contributed by atoms with Gasteiger partial charge in [0, 0.05) is 28.8 Å². The van der Waals surface area contributed by atoms with Gasteiger partial charge in [-0.25, -0.2) is 9.78 Å². The fourth-order valence-corrected chi connectivity index (χ4v) is 3.42. The summed E-state index contributed by atoms with van der Waals surface area (Å²) in [5.41, 5.74) is 1.30. The highest BCUT2D eigenvalue weighted by atomic mass is 79.9. The van der Waals surface area contributed by atoms with Crippen LogP contribution in [0.2, 0.25) is 0 Å². The summed E-state index contributed by atoms with van der Waals surface area (Å²) in [6, 6.07) is 1.71. The molecule has 0 spiro atoms. The molecule has 1 aliphatic rings. The number of aromatic nitrogens is 2. The van der Waals surface area contributed by atoms with Crippen molar-refractivity contribution in [2.45, 2.75) is 45.8 Å². The van der Waals surface area contributed by atoms with Crippen molar-refractivity contribution < 1.29 is 14.3 Å². The van der Waals surface area contributed by atoms with Crippen LogP contribution in [0.1, 0.15) is 38.8 Å². The van der Waals surface area contributed by atoms with Crippen LogP contribution in [0.5, 0.6) is 0 Å². The van der Waals surface area contributed by atoms with Crippen molar-refractivity contribution in [3.8, 4) is 0 Å². The van der Waals surface area contributed by atoms with Crippen LogP contribution < -0.4 is 0 Å². The molecule has 0 unspecified atom stereocenters. The van der Waals surface area contributed by atoms with E-state index in [1.807, 2.05) is 44.5 Å². The fraction of sp³-hybridized carbons (Fsp3) is 0.500. The average Bonchev–Trinajstić information content (AvgIpc) is 2.82. The number of aryl methyl sites for hydroxylation is 1. The summed E-state index contributed by atoms with van der Waals surface area (Å²) in [4.78, 5) is 30.8. The standard InChI is InChI=1S/C18H22BrN3O3/c1-11-9-22(16-13(11)7-12(19)8-20-16)14-5-6-21(10-15(14)23)17(24)25-18(2,3)4/h7-9,14H,5-6,10H2,1-4H3/t14-/m1/s1. The monoisotopic (exact) mass is 407 g/mol. The van der Waals surface area contributed by atoms with Gasteiger partial charge in [-0.15, -0.1) is 0 Å². The number of hydrogen-bond donors (Lipinski definition) is 0. The molecule has 3 rings (SSSR count). The van der Waals surface area contributed by atoms with E-state index in [0.29, 0.717) is 13.0 Å². The molecule has 0 radical (unpaired) electrons. The summed E-state index contributed by atoms with van der Waals surface area (Å²) in [6.45, 7) is 8.01. The van der Waals surface area contributed by atoms with E-state index in [4.69, 9.17) is 4.74 Å². The lowest BCUT2D eigenvalue weighted by atomic mass is 10.0. The molecule has 6 nitrogen and oxygen atoms in total. The Morgan fingerprint density at radius 2 is 2.12 bits per heavy atom. The van der Waals surface area contributed by atoms with E-state index in [1.54, 1.807) is 6.20 Å². The third-order valence-corrected chi connectivity index (χ3v) is 4.65. The normalized spacial score (nSPS) is 18.7. The Morgan fingerprint density at radius 1 is 1.40 bits per heavy atom. The number of rotatable bonds is 1. The van der Waals surface area contributed by atoms with Gasteiger partial charge in [-0.05, 0) is 61.7 Å². The van der Waals surface area contributed by atoms with E-state index in [2.05, 4.69) is 20.9 Å². The van der Waals surface area contributed by atoms with Crippen molar-refractivity contribution in [1.29, 1.82) is 0 Å². The first-order chi connectivity index (χ1) is 11.7. The number of amides is 1. The lowest BCUT2D eigenvalue weighted by Crippen LogP contribution is -2.46. The SMILES string of the molecule is Cc1cn([C@@H]2CCN(C(=O)OC(C)(C)C)CC2=O)c2ncc(Br)cc12. The van der Waals surface area contributed by atoms with E-state index >= 15 is 0 Å². The van der Waals surface area contributed by atoms with Crippen LogP contribution in [0.25, 0.3) is 11.0 Å². The van der Waals surface area contributed by atoms with Crippen LogP contribution in [-0.2, 0) is 9.53 Å². The number of hydrogen-bond acceptors (Lipinski definition) is 4. The van der Waals surface area contributed by atoms with E-state index < -0.39 is 11.7 Å². The summed E-state index contributed by atoms with van der Waals surface area (Å²) in [7, 11) is 0. The van der Waals surface area contributed by atoms with Gasteiger partial charge in [0.25, 0.3) is 0 Å². The average molecular weight is 408 g/mol. The first-order valence-corrected chi connectivity index (χ1v) is 9.08. The van der Waals surface area contributed by atoms with Crippen LogP contribution in [-0.4, -0.2) is 45.0 Å². The Hall–Kier alpha value is -1.89. The topological polar surface area (TPSA) is 64.4 Å². The Bertz CT molecular complexity index is 838. The molecule has 0 N–H and O–H groups in total. The zero-order valence-electron chi connectivity index (χ0n) is 14.9. The number of piperidine rings is 1. The second-order valence-corrected chi connectivity index (χ2v) is 8.33. The van der Waals surface area contributed by atoms with E-state index in [-0.39, 0.29) is 18.4 Å². The van der Waals surface area contributed by atoms with Crippen LogP contribution in [0, 0.1) is 6.92 Å². The number of likely N-dealkylation sites (tertiary alicyclic amines) is 1. The number of Topliss-reactive ketones (excluding diaryl/α,β-unsaturated/α-hetero) is 1. The molecule has 25 heavy (non-hydrogen) atoms. The fourth-order valence-electron chi connectivity index (χ4n) is 3.09. The molecule has 1 aliphatic heterocycles. The van der Waals surface area contributed by atoms with Gasteiger partial charge < -0.3 is 14.2 Å². The molecule has 7 heteroatoms. The van der Waals surface area contributed by atoms with Crippen molar-refractivity contribution >= 4 is 38.8 Å². The molecule has 1 fully saturated rings. The van der Waals surface area contributed by atoms with Crippen LogP contribution in [0.4, 0.5) is 4.79 Å². The molecule has 3 heterocycles. The number of ether oxygens (including phenoxy) is 1. The molecule has 2 aromatic rings. The van der Waals surface area contributed by atoms with Crippen molar-refractivity contribution in [2.75, 3.05) is 13.1 Å². The number of carbonyl (C=O) groups excluding carboxylic acids is 2. The second-order valence-electron chi connectivity index (χ2n) is 7.42. The Balaban J connectivity index is 1.81. The van der Waals surface area contributed by atoms with Crippen LogP contribution in [0.15, 0.2) is 22.9 Å². The summed E-state index contributed by atoms with van der Waals surface area (Å²) >= 11 is 3.43. The number of pyridine rings is 1. The van der Waals surface area contributed by atoms with Gasteiger partial charge in [0.05, 0.1) is 12.6 Å². The zero-order chi connectivity index (χ0) is 18.4. The molecule has 1 saturated heterocycles. The Labute approximate surface area is 155 Å². The molecule has 0 saturated carbocycles. The minimum absolute atomic E-state index is 0.00118. The highest BCUT2D eigenvalue weighted by molar-refractivity contribution is 9.10. The Morgan fingerprint density at radius 3 is 2.76 bits per heavy atom. The number of carbonyl (C=O) groups is 2. The molecular weight excluding hydrogens is 386 g/mol. The molecular formula is C18H22BrN3O3. The second kappa shape index (κ2) is 6.44. The third-order valence-electron chi connectivity index (χ3n) is 4.21. The lowest BCUT2D eigenvalue weighted by Gasteiger charge is -2.33. The highest BCUT2D eigenvalue weighted by Gasteiger charge is 2.33. The van der Waals surface area contributed by atoms with Crippen molar-refractivity contribution in [3.63, 3.8) is 0 Å². The largest absolute Gasteiger partial charge is 0.444 e. The smallest absolute Gasteiger partial charge is 0.410 e. The maximum atomic E-state index is 12.7. The molecule has 0 aromatic carbocycles. The van der Waals surface area contributed by atoms with Gasteiger partial charge >= 0.3 is 6.09 Å². The summed E-state index contributed by atoms with van der Waals surface area (Å²) in [5, 5.41) is 1.02. The number of fused-ring (bicyclic) bond motifs is 1. The minimum Gasteiger partial charge on any atom is -0.444 e. The molecule has 1 amide bonds. The quantitative estimate of drug-likeness (QED) is 0.719. The zero-order valence-corrected chi connectivity index (χ0v) is 16.5. The van der Waals surface area contributed by atoms with Crippen molar-refractivity contribution in [3.05, 3.63) is 28.5 Å². The first kappa shape index (κ1) is 17.9. The molecule has 0 aliphatic carbocycles. The Kier molecular flexibility index (Phi) is 4.62. The third kappa shape index (κ3) is 3.71. The highest BCUT2D eigenvalue weighted by Crippen LogP contribution is 2.29. The number of ketones is 1. The van der Waals surface area contributed by atoms with Crippen molar-refractivity contribution in [2.24, 2.45) is 0 Å². The van der Waals surface area contributed by atoms with Crippen LogP contribution >= 0.6 is 15.9 Å². The lowest BCUT2D eigenvalue weighted by molar-refractivity contribution is -0.125. The molecule has 0 bridgehead atoms. The van der Waals surface area contributed by atoms with Crippen LogP contribution in [0.3, 0.4) is 0 Å². The summed E-state index contributed by atoms with van der Waals surface area (Å²) < 4.78 is 8.21. The van der Waals surface area contributed by atoms with Gasteiger partial charge in [0.1, 0.15) is 11.2 Å². The van der Waals surface area contributed by atoms with Gasteiger partial charge in [-0.3, -0.25) is 4.79 Å².